The predicted octanol–water partition coefficient (Wildman–Crippen LogP) is 4.21. The van der Waals surface area contributed by atoms with Gasteiger partial charge in [0.25, 0.3) is 0 Å². The highest BCUT2D eigenvalue weighted by Gasteiger charge is 2.20. The van der Waals surface area contributed by atoms with Crippen LogP contribution in [0.5, 0.6) is 0 Å². The molecular formula is C13H19BrClNO2S. The first-order valence-corrected chi connectivity index (χ1v) is 8.85. The van der Waals surface area contributed by atoms with Crippen LogP contribution in [0.3, 0.4) is 0 Å². The van der Waals surface area contributed by atoms with E-state index in [0.717, 1.165) is 17.3 Å². The maximum atomic E-state index is 12.2. The third kappa shape index (κ3) is 5.42. The van der Waals surface area contributed by atoms with E-state index in [1.165, 1.54) is 6.07 Å². The van der Waals surface area contributed by atoms with E-state index < -0.39 is 10.0 Å². The number of nitrogens with one attached hydrogen (secondary N) is 1. The number of hydrogen-bond donors (Lipinski definition) is 1. The van der Waals surface area contributed by atoms with Gasteiger partial charge in [-0.05, 0) is 43.9 Å². The van der Waals surface area contributed by atoms with E-state index in [4.69, 9.17) is 11.6 Å². The molecule has 0 unspecified atom stereocenters. The first-order chi connectivity index (χ1) is 8.72. The fourth-order valence-corrected chi connectivity index (χ4v) is 3.98. The standard InChI is InChI=1S/C13H19BrClNO2S/c1-9(2)4-5-10(3)16-19(17,18)13-7-6-11(14)8-12(13)15/h6-10,16H,4-5H2,1-3H3/t10-/m1/s1. The molecule has 0 saturated heterocycles. The Hall–Kier alpha value is -0.100. The maximum Gasteiger partial charge on any atom is 0.242 e. The first-order valence-electron chi connectivity index (χ1n) is 6.19. The van der Waals surface area contributed by atoms with Crippen molar-refractivity contribution in [1.82, 2.24) is 4.72 Å². The molecule has 6 heteroatoms. The zero-order chi connectivity index (χ0) is 14.6. The lowest BCUT2D eigenvalue weighted by Gasteiger charge is -2.16. The Balaban J connectivity index is 2.81. The highest BCUT2D eigenvalue weighted by molar-refractivity contribution is 9.10. The Labute approximate surface area is 128 Å². The molecule has 0 aliphatic rings. The van der Waals surface area contributed by atoms with E-state index in [9.17, 15) is 8.42 Å². The summed E-state index contributed by atoms with van der Waals surface area (Å²) < 4.78 is 27.8. The monoisotopic (exact) mass is 367 g/mol. The summed E-state index contributed by atoms with van der Waals surface area (Å²) in [7, 11) is -3.56. The van der Waals surface area contributed by atoms with Gasteiger partial charge >= 0.3 is 0 Å². The van der Waals surface area contributed by atoms with Crippen LogP contribution < -0.4 is 4.72 Å². The highest BCUT2D eigenvalue weighted by atomic mass is 79.9. The predicted molar refractivity (Wildman–Crippen MR) is 83.0 cm³/mol. The zero-order valence-corrected chi connectivity index (χ0v) is 14.4. The van der Waals surface area contributed by atoms with Crippen molar-refractivity contribution in [2.75, 3.05) is 0 Å². The Morgan fingerprint density at radius 1 is 1.26 bits per heavy atom. The van der Waals surface area contributed by atoms with Gasteiger partial charge in [-0.25, -0.2) is 13.1 Å². The van der Waals surface area contributed by atoms with Gasteiger partial charge in [-0.2, -0.15) is 0 Å². The molecular weight excluding hydrogens is 350 g/mol. The van der Waals surface area contributed by atoms with Gasteiger partial charge in [-0.1, -0.05) is 41.4 Å². The molecule has 0 aliphatic carbocycles. The van der Waals surface area contributed by atoms with E-state index in [2.05, 4.69) is 34.5 Å². The molecule has 0 aromatic heterocycles. The molecule has 0 spiro atoms. The summed E-state index contributed by atoms with van der Waals surface area (Å²) in [4.78, 5) is 0.119. The summed E-state index contributed by atoms with van der Waals surface area (Å²) in [6.45, 7) is 6.10. The van der Waals surface area contributed by atoms with E-state index in [1.807, 2.05) is 6.92 Å². The van der Waals surface area contributed by atoms with Crippen LogP contribution in [0.2, 0.25) is 5.02 Å². The Morgan fingerprint density at radius 3 is 2.42 bits per heavy atom. The molecule has 19 heavy (non-hydrogen) atoms. The molecule has 1 aromatic carbocycles. The van der Waals surface area contributed by atoms with Gasteiger partial charge in [0, 0.05) is 10.5 Å². The molecule has 1 N–H and O–H groups in total. The smallest absolute Gasteiger partial charge is 0.208 e. The van der Waals surface area contributed by atoms with Crippen LogP contribution in [0.4, 0.5) is 0 Å². The van der Waals surface area contributed by atoms with Crippen molar-refractivity contribution in [2.24, 2.45) is 5.92 Å². The fraction of sp³-hybridized carbons (Fsp3) is 0.538. The van der Waals surface area contributed by atoms with Crippen molar-refractivity contribution < 1.29 is 8.42 Å². The summed E-state index contributed by atoms with van der Waals surface area (Å²) in [5.74, 6) is 0.559. The van der Waals surface area contributed by atoms with Crippen molar-refractivity contribution in [3.63, 3.8) is 0 Å². The van der Waals surface area contributed by atoms with E-state index in [0.29, 0.717) is 5.92 Å². The second-order valence-electron chi connectivity index (χ2n) is 5.07. The third-order valence-electron chi connectivity index (χ3n) is 2.72. The Bertz CT molecular complexity index is 531. The molecule has 0 fully saturated rings. The van der Waals surface area contributed by atoms with Crippen LogP contribution in [0.15, 0.2) is 27.6 Å². The molecule has 0 bridgehead atoms. The average molecular weight is 369 g/mol. The minimum atomic E-state index is -3.56. The molecule has 0 saturated carbocycles. The zero-order valence-electron chi connectivity index (χ0n) is 11.3. The van der Waals surface area contributed by atoms with Gasteiger partial charge in [0.05, 0.1) is 5.02 Å². The number of rotatable bonds is 6. The Morgan fingerprint density at radius 2 is 1.89 bits per heavy atom. The van der Waals surface area contributed by atoms with Crippen LogP contribution in [0.1, 0.15) is 33.6 Å². The van der Waals surface area contributed by atoms with Crippen LogP contribution in [-0.4, -0.2) is 14.5 Å². The molecule has 0 amide bonds. The van der Waals surface area contributed by atoms with Gasteiger partial charge in [0.2, 0.25) is 10.0 Å². The largest absolute Gasteiger partial charge is 0.242 e. The van der Waals surface area contributed by atoms with Gasteiger partial charge in [-0.3, -0.25) is 0 Å². The summed E-state index contributed by atoms with van der Waals surface area (Å²) in [6.07, 6.45) is 1.79. The Kier molecular flexibility index (Phi) is 6.30. The van der Waals surface area contributed by atoms with Crippen molar-refractivity contribution >= 4 is 37.6 Å². The second-order valence-corrected chi connectivity index (χ2v) is 8.07. The van der Waals surface area contributed by atoms with Crippen LogP contribution in [0.25, 0.3) is 0 Å². The van der Waals surface area contributed by atoms with Crippen molar-refractivity contribution in [3.8, 4) is 0 Å². The SMILES string of the molecule is CC(C)CC[C@@H](C)NS(=O)(=O)c1ccc(Br)cc1Cl. The van der Waals surface area contributed by atoms with Crippen LogP contribution >= 0.6 is 27.5 Å². The number of benzene rings is 1. The van der Waals surface area contributed by atoms with Crippen molar-refractivity contribution in [2.45, 2.75) is 44.6 Å². The van der Waals surface area contributed by atoms with Gasteiger partial charge in [0.1, 0.15) is 4.90 Å². The number of sulfonamides is 1. The topological polar surface area (TPSA) is 46.2 Å². The van der Waals surface area contributed by atoms with Gasteiger partial charge < -0.3 is 0 Å². The quantitative estimate of drug-likeness (QED) is 0.817. The molecule has 1 rings (SSSR count). The summed E-state index contributed by atoms with van der Waals surface area (Å²) in [5, 5.41) is 0.220. The van der Waals surface area contributed by atoms with Crippen molar-refractivity contribution in [3.05, 3.63) is 27.7 Å². The molecule has 0 heterocycles. The molecule has 108 valence electrons. The summed E-state index contributed by atoms with van der Waals surface area (Å²) in [6, 6.07) is 4.64. The van der Waals surface area contributed by atoms with E-state index in [1.54, 1.807) is 12.1 Å². The van der Waals surface area contributed by atoms with Crippen molar-refractivity contribution in [1.29, 1.82) is 0 Å². The second kappa shape index (κ2) is 7.07. The lowest BCUT2D eigenvalue weighted by molar-refractivity contribution is 0.485. The first kappa shape index (κ1) is 17.0. The summed E-state index contributed by atoms with van der Waals surface area (Å²) in [5.41, 5.74) is 0. The average Bonchev–Trinajstić information content (AvgIpc) is 2.25. The fourth-order valence-electron chi connectivity index (χ4n) is 1.66. The van der Waals surface area contributed by atoms with Crippen LogP contribution in [0, 0.1) is 5.92 Å². The number of hydrogen-bond acceptors (Lipinski definition) is 2. The minimum absolute atomic E-state index is 0.105. The van der Waals surface area contributed by atoms with E-state index >= 15 is 0 Å². The molecule has 1 aromatic rings. The molecule has 0 aliphatic heterocycles. The third-order valence-corrected chi connectivity index (χ3v) is 5.28. The normalized spacial score (nSPS) is 13.8. The summed E-state index contributed by atoms with van der Waals surface area (Å²) >= 11 is 9.23. The molecule has 0 radical (unpaired) electrons. The van der Waals surface area contributed by atoms with E-state index in [-0.39, 0.29) is 16.0 Å². The molecule has 1 atom stereocenters. The molecule has 3 nitrogen and oxygen atoms in total. The lowest BCUT2D eigenvalue weighted by Crippen LogP contribution is -2.33. The highest BCUT2D eigenvalue weighted by Crippen LogP contribution is 2.25. The van der Waals surface area contributed by atoms with Crippen LogP contribution in [-0.2, 0) is 10.0 Å². The van der Waals surface area contributed by atoms with Gasteiger partial charge in [-0.15, -0.1) is 0 Å². The number of halogens is 2. The van der Waals surface area contributed by atoms with Gasteiger partial charge in [0.15, 0.2) is 0 Å². The lowest BCUT2D eigenvalue weighted by atomic mass is 10.1. The maximum absolute atomic E-state index is 12.2. The minimum Gasteiger partial charge on any atom is -0.208 e.